The van der Waals surface area contributed by atoms with Crippen LogP contribution in [0.2, 0.25) is 0 Å². The van der Waals surface area contributed by atoms with Crippen molar-refractivity contribution < 1.29 is 13.9 Å². The highest BCUT2D eigenvalue weighted by atomic mass is 16.5. The van der Waals surface area contributed by atoms with Gasteiger partial charge in [0.15, 0.2) is 0 Å². The normalized spacial score (nSPS) is 10.2. The van der Waals surface area contributed by atoms with E-state index in [0.29, 0.717) is 13.2 Å². The summed E-state index contributed by atoms with van der Waals surface area (Å²) in [6.45, 7) is 0.819. The van der Waals surface area contributed by atoms with Crippen LogP contribution in [-0.4, -0.2) is 7.11 Å². The van der Waals surface area contributed by atoms with E-state index in [0.717, 1.165) is 22.8 Å². The molecular weight excluding hydrogens is 218 g/mol. The van der Waals surface area contributed by atoms with E-state index < -0.39 is 0 Å². The number of methoxy groups -OCH3 is 1. The molecular formula is C13H15NO3. The molecule has 0 bridgehead atoms. The fraction of sp³-hybridized carbons (Fsp3) is 0.231. The SMILES string of the molecule is COc1cccc(OCc2occc2CN)c1. The Morgan fingerprint density at radius 3 is 2.82 bits per heavy atom. The van der Waals surface area contributed by atoms with Crippen LogP contribution in [0.4, 0.5) is 0 Å². The summed E-state index contributed by atoms with van der Waals surface area (Å²) in [5.74, 6) is 2.26. The Morgan fingerprint density at radius 2 is 2.06 bits per heavy atom. The zero-order valence-corrected chi connectivity index (χ0v) is 9.68. The van der Waals surface area contributed by atoms with Crippen LogP contribution in [0.5, 0.6) is 11.5 Å². The first-order chi connectivity index (χ1) is 8.33. The highest BCUT2D eigenvalue weighted by molar-refractivity contribution is 5.33. The molecule has 0 spiro atoms. The zero-order valence-electron chi connectivity index (χ0n) is 9.68. The largest absolute Gasteiger partial charge is 0.497 e. The van der Waals surface area contributed by atoms with E-state index in [-0.39, 0.29) is 0 Å². The molecule has 90 valence electrons. The molecule has 0 fully saturated rings. The second kappa shape index (κ2) is 5.41. The van der Waals surface area contributed by atoms with E-state index >= 15 is 0 Å². The third-order valence-corrected chi connectivity index (χ3v) is 2.47. The molecule has 0 radical (unpaired) electrons. The predicted octanol–water partition coefficient (Wildman–Crippen LogP) is 2.33. The average Bonchev–Trinajstić information content (AvgIpc) is 2.84. The Balaban J connectivity index is 2.02. The summed E-state index contributed by atoms with van der Waals surface area (Å²) in [5, 5.41) is 0. The molecule has 0 saturated carbocycles. The van der Waals surface area contributed by atoms with Gasteiger partial charge in [-0.1, -0.05) is 6.07 Å². The van der Waals surface area contributed by atoms with Crippen LogP contribution in [0.15, 0.2) is 41.0 Å². The standard InChI is InChI=1S/C13H15NO3/c1-15-11-3-2-4-12(7-11)17-9-13-10(8-14)5-6-16-13/h2-7H,8-9,14H2,1H3. The molecule has 0 unspecified atom stereocenters. The van der Waals surface area contributed by atoms with Crippen molar-refractivity contribution in [3.05, 3.63) is 47.9 Å². The lowest BCUT2D eigenvalue weighted by Crippen LogP contribution is -2.01. The van der Waals surface area contributed by atoms with Crippen LogP contribution in [0, 0.1) is 0 Å². The quantitative estimate of drug-likeness (QED) is 0.861. The van der Waals surface area contributed by atoms with Crippen LogP contribution < -0.4 is 15.2 Å². The Labute approximate surface area is 99.9 Å². The molecule has 4 nitrogen and oxygen atoms in total. The van der Waals surface area contributed by atoms with Gasteiger partial charge < -0.3 is 19.6 Å². The summed E-state index contributed by atoms with van der Waals surface area (Å²) in [5.41, 5.74) is 6.54. The van der Waals surface area contributed by atoms with E-state index in [1.54, 1.807) is 13.4 Å². The molecule has 1 aromatic heterocycles. The molecule has 2 N–H and O–H groups in total. The van der Waals surface area contributed by atoms with Crippen molar-refractivity contribution in [2.45, 2.75) is 13.2 Å². The van der Waals surface area contributed by atoms with Gasteiger partial charge in [0.05, 0.1) is 13.4 Å². The van der Waals surface area contributed by atoms with E-state index in [4.69, 9.17) is 19.6 Å². The maximum Gasteiger partial charge on any atom is 0.146 e. The smallest absolute Gasteiger partial charge is 0.146 e. The summed E-state index contributed by atoms with van der Waals surface area (Å²) in [6.07, 6.45) is 1.62. The third kappa shape index (κ3) is 2.79. The van der Waals surface area contributed by atoms with Crippen LogP contribution in [0.3, 0.4) is 0 Å². The van der Waals surface area contributed by atoms with Gasteiger partial charge in [-0.2, -0.15) is 0 Å². The summed E-state index contributed by atoms with van der Waals surface area (Å²) in [6, 6.07) is 9.29. The molecule has 1 aromatic carbocycles. The van der Waals surface area contributed by atoms with Crippen molar-refractivity contribution in [3.63, 3.8) is 0 Å². The Bertz CT molecular complexity index is 479. The van der Waals surface area contributed by atoms with Crippen LogP contribution >= 0.6 is 0 Å². The van der Waals surface area contributed by atoms with Gasteiger partial charge in [0.25, 0.3) is 0 Å². The molecule has 2 rings (SSSR count). The second-order valence-corrected chi connectivity index (χ2v) is 3.54. The van der Waals surface area contributed by atoms with Crippen molar-refractivity contribution in [2.24, 2.45) is 5.73 Å². The van der Waals surface area contributed by atoms with E-state index in [1.807, 2.05) is 30.3 Å². The first kappa shape index (κ1) is 11.5. The summed E-state index contributed by atoms with van der Waals surface area (Å²) >= 11 is 0. The molecule has 4 heteroatoms. The third-order valence-electron chi connectivity index (χ3n) is 2.47. The van der Waals surface area contributed by atoms with E-state index in [2.05, 4.69) is 0 Å². The van der Waals surface area contributed by atoms with Gasteiger partial charge in [0, 0.05) is 18.2 Å². The van der Waals surface area contributed by atoms with Crippen molar-refractivity contribution in [3.8, 4) is 11.5 Å². The average molecular weight is 233 g/mol. The van der Waals surface area contributed by atoms with Crippen molar-refractivity contribution in [2.75, 3.05) is 7.11 Å². The molecule has 0 amide bonds. The lowest BCUT2D eigenvalue weighted by Gasteiger charge is -2.07. The van der Waals surface area contributed by atoms with E-state index in [9.17, 15) is 0 Å². The topological polar surface area (TPSA) is 57.6 Å². The van der Waals surface area contributed by atoms with Gasteiger partial charge in [-0.15, -0.1) is 0 Å². The highest BCUT2D eigenvalue weighted by Crippen LogP contribution is 2.20. The van der Waals surface area contributed by atoms with Crippen molar-refractivity contribution in [1.82, 2.24) is 0 Å². The van der Waals surface area contributed by atoms with Crippen LogP contribution in [0.25, 0.3) is 0 Å². The summed E-state index contributed by atoms with van der Waals surface area (Å²) in [4.78, 5) is 0. The fourth-order valence-electron chi connectivity index (χ4n) is 1.52. The van der Waals surface area contributed by atoms with Gasteiger partial charge in [0.1, 0.15) is 23.9 Å². The molecule has 0 aliphatic carbocycles. The Hall–Kier alpha value is -1.94. The predicted molar refractivity (Wildman–Crippen MR) is 63.9 cm³/mol. The zero-order chi connectivity index (χ0) is 12.1. The number of furan rings is 1. The Kier molecular flexibility index (Phi) is 3.67. The summed E-state index contributed by atoms with van der Waals surface area (Å²) in [7, 11) is 1.62. The first-order valence-corrected chi connectivity index (χ1v) is 5.35. The molecule has 1 heterocycles. The summed E-state index contributed by atoms with van der Waals surface area (Å²) < 4.78 is 16.0. The van der Waals surface area contributed by atoms with Crippen LogP contribution in [-0.2, 0) is 13.2 Å². The van der Waals surface area contributed by atoms with Crippen molar-refractivity contribution in [1.29, 1.82) is 0 Å². The lowest BCUT2D eigenvalue weighted by molar-refractivity contribution is 0.267. The number of rotatable bonds is 5. The van der Waals surface area contributed by atoms with Gasteiger partial charge in [-0.05, 0) is 18.2 Å². The second-order valence-electron chi connectivity index (χ2n) is 3.54. The number of hydrogen-bond acceptors (Lipinski definition) is 4. The highest BCUT2D eigenvalue weighted by Gasteiger charge is 2.05. The molecule has 0 aliphatic heterocycles. The Morgan fingerprint density at radius 1 is 1.24 bits per heavy atom. The maximum atomic E-state index is 5.61. The van der Waals surface area contributed by atoms with E-state index in [1.165, 1.54) is 0 Å². The molecule has 17 heavy (non-hydrogen) atoms. The number of benzene rings is 1. The minimum atomic E-state index is 0.368. The van der Waals surface area contributed by atoms with Crippen LogP contribution in [0.1, 0.15) is 11.3 Å². The molecule has 2 aromatic rings. The monoisotopic (exact) mass is 233 g/mol. The minimum absolute atomic E-state index is 0.368. The first-order valence-electron chi connectivity index (χ1n) is 5.35. The molecule has 0 saturated heterocycles. The maximum absolute atomic E-state index is 5.61. The minimum Gasteiger partial charge on any atom is -0.497 e. The van der Waals surface area contributed by atoms with Gasteiger partial charge in [-0.3, -0.25) is 0 Å². The number of ether oxygens (including phenoxy) is 2. The lowest BCUT2D eigenvalue weighted by atomic mass is 10.2. The molecule has 0 atom stereocenters. The van der Waals surface area contributed by atoms with Gasteiger partial charge in [-0.25, -0.2) is 0 Å². The number of hydrogen-bond donors (Lipinski definition) is 1. The van der Waals surface area contributed by atoms with Gasteiger partial charge >= 0.3 is 0 Å². The molecule has 0 aliphatic rings. The van der Waals surface area contributed by atoms with Crippen molar-refractivity contribution >= 4 is 0 Å². The number of nitrogens with two attached hydrogens (primary N) is 1. The van der Waals surface area contributed by atoms with Gasteiger partial charge in [0.2, 0.25) is 0 Å². The fourth-order valence-corrected chi connectivity index (χ4v) is 1.52.